The Balaban J connectivity index is 1.42. The molecule has 3 aliphatic rings. The number of likely N-dealkylation sites (tertiary alicyclic amines) is 1. The first-order valence-electron chi connectivity index (χ1n) is 8.42. The Bertz CT molecular complexity index is 569. The second kappa shape index (κ2) is 6.22. The van der Waals surface area contributed by atoms with Crippen LogP contribution in [-0.2, 0) is 28.0 Å². The third-order valence-corrected chi connectivity index (χ3v) is 5.19. The molecule has 4 heterocycles. The molecule has 0 radical (unpaired) electrons. The van der Waals surface area contributed by atoms with Crippen LogP contribution in [0, 0.1) is 17.8 Å². The number of aromatic nitrogens is 2. The molecule has 126 valence electrons. The van der Waals surface area contributed by atoms with E-state index >= 15 is 0 Å². The molecule has 4 rings (SSSR count). The van der Waals surface area contributed by atoms with Crippen molar-refractivity contribution in [2.75, 3.05) is 39.5 Å². The van der Waals surface area contributed by atoms with Crippen LogP contribution in [0.25, 0.3) is 0 Å². The monoisotopic (exact) mass is 320 g/mol. The van der Waals surface area contributed by atoms with E-state index in [4.69, 9.17) is 9.57 Å². The van der Waals surface area contributed by atoms with Gasteiger partial charge in [-0.1, -0.05) is 0 Å². The molecule has 0 saturated carbocycles. The number of ether oxygens (including phenoxy) is 1. The van der Waals surface area contributed by atoms with Crippen LogP contribution < -0.4 is 0 Å². The summed E-state index contributed by atoms with van der Waals surface area (Å²) in [7, 11) is 1.94. The summed E-state index contributed by atoms with van der Waals surface area (Å²) in [6.45, 7) is 5.49. The van der Waals surface area contributed by atoms with Crippen molar-refractivity contribution in [2.24, 2.45) is 24.8 Å². The van der Waals surface area contributed by atoms with Gasteiger partial charge < -0.3 is 4.74 Å². The number of fused-ring (bicyclic) bond motifs is 1. The average molecular weight is 320 g/mol. The summed E-state index contributed by atoms with van der Waals surface area (Å²) in [6, 6.07) is 0. The minimum atomic E-state index is -0.0641. The molecule has 7 nitrogen and oxygen atoms in total. The van der Waals surface area contributed by atoms with E-state index in [-0.39, 0.29) is 11.8 Å². The first-order chi connectivity index (χ1) is 11.2. The molecular weight excluding hydrogens is 296 g/mol. The number of aryl methyl sites for hydroxylation is 1. The molecule has 3 saturated heterocycles. The lowest BCUT2D eigenvalue weighted by Crippen LogP contribution is -2.45. The van der Waals surface area contributed by atoms with Crippen molar-refractivity contribution in [3.05, 3.63) is 18.0 Å². The predicted molar refractivity (Wildman–Crippen MR) is 82.1 cm³/mol. The highest BCUT2D eigenvalue weighted by molar-refractivity contribution is 5.78. The van der Waals surface area contributed by atoms with Crippen LogP contribution in [0.2, 0.25) is 0 Å². The number of hydroxylamine groups is 2. The highest BCUT2D eigenvalue weighted by Crippen LogP contribution is 2.36. The van der Waals surface area contributed by atoms with Gasteiger partial charge in [-0.25, -0.2) is 5.06 Å². The summed E-state index contributed by atoms with van der Waals surface area (Å²) < 4.78 is 7.57. The highest BCUT2D eigenvalue weighted by Gasteiger charge is 2.45. The van der Waals surface area contributed by atoms with E-state index in [2.05, 4.69) is 16.2 Å². The molecule has 0 unspecified atom stereocenters. The summed E-state index contributed by atoms with van der Waals surface area (Å²) in [5.41, 5.74) is 1.22. The minimum Gasteiger partial charge on any atom is -0.380 e. The third kappa shape index (κ3) is 3.00. The van der Waals surface area contributed by atoms with Crippen molar-refractivity contribution in [1.29, 1.82) is 0 Å². The Morgan fingerprint density at radius 1 is 1.39 bits per heavy atom. The second-order valence-electron chi connectivity index (χ2n) is 6.91. The van der Waals surface area contributed by atoms with Gasteiger partial charge in [0.2, 0.25) is 0 Å². The van der Waals surface area contributed by atoms with E-state index in [9.17, 15) is 4.79 Å². The van der Waals surface area contributed by atoms with E-state index in [0.717, 1.165) is 32.7 Å². The molecular formula is C16H24N4O3. The molecule has 1 amide bonds. The summed E-state index contributed by atoms with van der Waals surface area (Å²) >= 11 is 0. The molecule has 23 heavy (non-hydrogen) atoms. The Kier molecular flexibility index (Phi) is 4.09. The van der Waals surface area contributed by atoms with Gasteiger partial charge in [0, 0.05) is 38.4 Å². The fourth-order valence-electron chi connectivity index (χ4n) is 4.09. The fraction of sp³-hybridized carbons (Fsp3) is 0.750. The van der Waals surface area contributed by atoms with E-state index in [1.165, 1.54) is 5.56 Å². The number of hydrogen-bond acceptors (Lipinski definition) is 5. The van der Waals surface area contributed by atoms with Gasteiger partial charge in [0.1, 0.15) is 0 Å². The number of rotatable bonds is 3. The van der Waals surface area contributed by atoms with Crippen molar-refractivity contribution in [2.45, 2.75) is 13.0 Å². The predicted octanol–water partition coefficient (Wildman–Crippen LogP) is 0.278. The van der Waals surface area contributed by atoms with Gasteiger partial charge in [0.05, 0.1) is 38.5 Å². The zero-order chi connectivity index (χ0) is 15.8. The zero-order valence-corrected chi connectivity index (χ0v) is 13.6. The number of carbonyl (C=O) groups excluding carboxylic acids is 1. The van der Waals surface area contributed by atoms with Crippen LogP contribution in [0.3, 0.4) is 0 Å². The summed E-state index contributed by atoms with van der Waals surface area (Å²) in [6.07, 6.45) is 4.90. The van der Waals surface area contributed by atoms with Crippen molar-refractivity contribution >= 4 is 5.91 Å². The maximum Gasteiger partial charge on any atom is 0.251 e. The topological polar surface area (TPSA) is 59.8 Å². The van der Waals surface area contributed by atoms with Gasteiger partial charge >= 0.3 is 0 Å². The molecule has 1 aromatic heterocycles. The van der Waals surface area contributed by atoms with Crippen molar-refractivity contribution in [3.63, 3.8) is 0 Å². The molecule has 3 aliphatic heterocycles. The van der Waals surface area contributed by atoms with E-state index < -0.39 is 0 Å². The van der Waals surface area contributed by atoms with E-state index in [1.807, 2.05) is 17.9 Å². The molecule has 0 N–H and O–H groups in total. The van der Waals surface area contributed by atoms with Gasteiger partial charge in [-0.2, -0.15) is 5.10 Å². The molecule has 0 aromatic carbocycles. The first-order valence-corrected chi connectivity index (χ1v) is 8.42. The number of nitrogens with zero attached hydrogens (tertiary/aromatic N) is 4. The summed E-state index contributed by atoms with van der Waals surface area (Å²) in [4.78, 5) is 20.6. The van der Waals surface area contributed by atoms with Crippen molar-refractivity contribution < 1.29 is 14.4 Å². The summed E-state index contributed by atoms with van der Waals surface area (Å²) in [5.74, 6) is 0.861. The molecule has 7 heteroatoms. The number of amides is 1. The zero-order valence-electron chi connectivity index (χ0n) is 13.6. The quantitative estimate of drug-likeness (QED) is 0.800. The largest absolute Gasteiger partial charge is 0.380 e. The Morgan fingerprint density at radius 2 is 2.30 bits per heavy atom. The molecule has 3 fully saturated rings. The number of carbonyl (C=O) groups is 1. The van der Waals surface area contributed by atoms with Gasteiger partial charge in [0.25, 0.3) is 5.91 Å². The average Bonchev–Trinajstić information content (AvgIpc) is 3.26. The summed E-state index contributed by atoms with van der Waals surface area (Å²) in [5, 5.41) is 5.79. The lowest BCUT2D eigenvalue weighted by atomic mass is 9.82. The van der Waals surface area contributed by atoms with Crippen LogP contribution in [0.15, 0.2) is 12.4 Å². The van der Waals surface area contributed by atoms with Gasteiger partial charge in [-0.15, -0.1) is 0 Å². The lowest BCUT2D eigenvalue weighted by Gasteiger charge is -2.33. The maximum absolute atomic E-state index is 12.7. The first kappa shape index (κ1) is 15.1. The Morgan fingerprint density at radius 3 is 3.04 bits per heavy atom. The second-order valence-corrected chi connectivity index (χ2v) is 6.91. The van der Waals surface area contributed by atoms with Crippen molar-refractivity contribution in [3.8, 4) is 0 Å². The smallest absolute Gasteiger partial charge is 0.251 e. The molecule has 1 aromatic rings. The Hall–Kier alpha value is -1.44. The third-order valence-electron chi connectivity index (χ3n) is 5.19. The van der Waals surface area contributed by atoms with Gasteiger partial charge in [-0.05, 0) is 18.3 Å². The maximum atomic E-state index is 12.7. The van der Waals surface area contributed by atoms with Crippen LogP contribution in [0.4, 0.5) is 0 Å². The molecule has 0 aliphatic carbocycles. The van der Waals surface area contributed by atoms with E-state index in [0.29, 0.717) is 31.6 Å². The van der Waals surface area contributed by atoms with Crippen LogP contribution in [0.5, 0.6) is 0 Å². The Labute approximate surface area is 136 Å². The highest BCUT2D eigenvalue weighted by atomic mass is 16.7. The van der Waals surface area contributed by atoms with E-state index in [1.54, 1.807) is 5.06 Å². The fourth-order valence-corrected chi connectivity index (χ4v) is 4.09. The van der Waals surface area contributed by atoms with Crippen LogP contribution in [0.1, 0.15) is 12.0 Å². The molecule has 0 spiro atoms. The normalized spacial score (nSPS) is 31.5. The van der Waals surface area contributed by atoms with Crippen LogP contribution in [-0.4, -0.2) is 65.1 Å². The van der Waals surface area contributed by atoms with Gasteiger partial charge in [0.15, 0.2) is 0 Å². The standard InChI is InChI=1S/C16H24N4O3/c1-18-6-12(5-17-18)7-19-8-13-10-22-11-15(14(13)9-19)16(21)20-3-2-4-23-20/h5-6,13-15H,2-4,7-11H2,1H3/t13-,14-,15-/m1/s1. The van der Waals surface area contributed by atoms with Crippen molar-refractivity contribution in [1.82, 2.24) is 19.7 Å². The lowest BCUT2D eigenvalue weighted by molar-refractivity contribution is -0.181. The minimum absolute atomic E-state index is 0.0641. The molecule has 3 atom stereocenters. The SMILES string of the molecule is Cn1cc(CN2C[C@@H]3COC[C@@H](C(=O)N4CCCO4)[C@@H]3C2)cn1. The van der Waals surface area contributed by atoms with Gasteiger partial charge in [-0.3, -0.25) is 19.2 Å². The number of hydrogen-bond donors (Lipinski definition) is 0. The van der Waals surface area contributed by atoms with Crippen LogP contribution >= 0.6 is 0 Å². The molecule has 0 bridgehead atoms.